The van der Waals surface area contributed by atoms with Crippen molar-refractivity contribution in [2.45, 2.75) is 57.1 Å². The van der Waals surface area contributed by atoms with Gasteiger partial charge in [0.2, 0.25) is 5.91 Å². The maximum atomic E-state index is 11.9. The highest BCUT2D eigenvalue weighted by molar-refractivity contribution is 8.00. The van der Waals surface area contributed by atoms with Gasteiger partial charge in [0.15, 0.2) is 0 Å². The number of amides is 1. The Balaban J connectivity index is 2.41. The maximum absolute atomic E-state index is 11.9. The van der Waals surface area contributed by atoms with Crippen LogP contribution in [0.15, 0.2) is 0 Å². The number of carbonyl (C=O) groups is 2. The van der Waals surface area contributed by atoms with E-state index in [2.05, 4.69) is 11.6 Å². The Kier molecular flexibility index (Phi) is 5.71. The molecule has 0 aromatic rings. The maximum Gasteiger partial charge on any atom is 0.303 e. The Bertz CT molecular complexity index is 336. The van der Waals surface area contributed by atoms with Crippen LogP contribution < -0.4 is 5.32 Å². The third-order valence-corrected chi connectivity index (χ3v) is 5.24. The van der Waals surface area contributed by atoms with Gasteiger partial charge in [-0.3, -0.25) is 9.59 Å². The molecule has 1 saturated carbocycles. The Morgan fingerprint density at radius 2 is 1.84 bits per heavy atom. The third kappa shape index (κ3) is 5.43. The molecule has 0 atom stereocenters. The number of rotatable bonds is 7. The van der Waals surface area contributed by atoms with Crippen LogP contribution in [0.25, 0.3) is 0 Å². The Labute approximate surface area is 119 Å². The number of hydrogen-bond acceptors (Lipinski definition) is 3. The summed E-state index contributed by atoms with van der Waals surface area (Å²) in [6.45, 7) is 4.34. The predicted molar refractivity (Wildman–Crippen MR) is 78.4 cm³/mol. The van der Waals surface area contributed by atoms with Gasteiger partial charge < -0.3 is 10.4 Å². The van der Waals surface area contributed by atoms with E-state index in [1.54, 1.807) is 0 Å². The van der Waals surface area contributed by atoms with E-state index in [9.17, 15) is 9.59 Å². The Morgan fingerprint density at radius 1 is 1.26 bits per heavy atom. The van der Waals surface area contributed by atoms with Crippen LogP contribution >= 0.6 is 11.8 Å². The zero-order valence-electron chi connectivity index (χ0n) is 12.1. The number of carboxylic acid groups (broad SMARTS) is 1. The van der Waals surface area contributed by atoms with Gasteiger partial charge in [0.05, 0.1) is 6.42 Å². The molecular weight excluding hydrogens is 262 g/mol. The first-order valence-corrected chi connectivity index (χ1v) is 8.05. The van der Waals surface area contributed by atoms with E-state index in [1.165, 1.54) is 12.8 Å². The van der Waals surface area contributed by atoms with Crippen LogP contribution in [0.1, 0.15) is 52.4 Å². The number of thioether (sulfide) groups is 1. The predicted octanol–water partition coefficient (Wildman–Crippen LogP) is 2.67. The average Bonchev–Trinajstić information content (AvgIpc) is 2.73. The molecule has 0 radical (unpaired) electrons. The molecule has 0 bridgehead atoms. The van der Waals surface area contributed by atoms with E-state index in [0.717, 1.165) is 12.8 Å². The summed E-state index contributed by atoms with van der Waals surface area (Å²) in [5.41, 5.74) is -0.488. The van der Waals surface area contributed by atoms with Gasteiger partial charge in [-0.25, -0.2) is 0 Å². The summed E-state index contributed by atoms with van der Waals surface area (Å²) >= 11 is 1.84. The quantitative estimate of drug-likeness (QED) is 0.755. The van der Waals surface area contributed by atoms with Gasteiger partial charge in [-0.1, -0.05) is 26.7 Å². The monoisotopic (exact) mass is 287 g/mol. The number of aliphatic carboxylic acids is 1. The van der Waals surface area contributed by atoms with Gasteiger partial charge >= 0.3 is 5.97 Å². The summed E-state index contributed by atoms with van der Waals surface area (Å²) in [7, 11) is 0. The molecule has 0 saturated heterocycles. The molecule has 110 valence electrons. The van der Waals surface area contributed by atoms with Crippen molar-refractivity contribution in [3.05, 3.63) is 0 Å². The number of nitrogens with one attached hydrogen (secondary N) is 1. The van der Waals surface area contributed by atoms with Crippen LogP contribution in [0.3, 0.4) is 0 Å². The topological polar surface area (TPSA) is 66.4 Å². The van der Waals surface area contributed by atoms with Crippen LogP contribution in [0.5, 0.6) is 0 Å². The van der Waals surface area contributed by atoms with Gasteiger partial charge in [-0.2, -0.15) is 11.8 Å². The molecule has 0 aromatic heterocycles. The summed E-state index contributed by atoms with van der Waals surface area (Å²) in [5.74, 6) is -0.888. The Hall–Kier alpha value is -0.710. The molecule has 1 aliphatic carbocycles. The molecule has 0 spiro atoms. The number of carboxylic acids is 1. The lowest BCUT2D eigenvalue weighted by Gasteiger charge is -2.28. The summed E-state index contributed by atoms with van der Waals surface area (Å²) in [4.78, 5) is 22.7. The lowest BCUT2D eigenvalue weighted by Crippen LogP contribution is -2.40. The molecule has 1 rings (SSSR count). The minimum Gasteiger partial charge on any atom is -0.481 e. The van der Waals surface area contributed by atoms with Crippen molar-refractivity contribution in [3.8, 4) is 0 Å². The fourth-order valence-corrected chi connectivity index (χ4v) is 3.61. The van der Waals surface area contributed by atoms with Crippen LogP contribution in [-0.2, 0) is 9.59 Å². The van der Waals surface area contributed by atoms with E-state index in [4.69, 9.17) is 5.11 Å². The van der Waals surface area contributed by atoms with Crippen LogP contribution in [-0.4, -0.2) is 34.5 Å². The molecule has 0 aromatic carbocycles. The standard InChI is InChI=1S/C14H25NO3S/c1-13(2,9-12(17)18)8-11(16)15-10-14(19-3)6-4-5-7-14/h4-10H2,1-3H3,(H,15,16)(H,17,18). The first kappa shape index (κ1) is 16.3. The van der Waals surface area contributed by atoms with Crippen LogP contribution in [0, 0.1) is 5.41 Å². The molecule has 0 aliphatic heterocycles. The van der Waals surface area contributed by atoms with E-state index >= 15 is 0 Å². The molecule has 0 unspecified atom stereocenters. The highest BCUT2D eigenvalue weighted by Crippen LogP contribution is 2.39. The van der Waals surface area contributed by atoms with Crippen molar-refractivity contribution in [3.63, 3.8) is 0 Å². The van der Waals surface area contributed by atoms with E-state index in [1.807, 2.05) is 25.6 Å². The average molecular weight is 287 g/mol. The number of carbonyl (C=O) groups excluding carboxylic acids is 1. The second-order valence-electron chi connectivity index (χ2n) is 6.28. The second kappa shape index (κ2) is 6.64. The first-order valence-electron chi connectivity index (χ1n) is 6.82. The van der Waals surface area contributed by atoms with Gasteiger partial charge in [-0.05, 0) is 24.5 Å². The summed E-state index contributed by atoms with van der Waals surface area (Å²) in [5, 5.41) is 11.8. The van der Waals surface area contributed by atoms with Crippen LogP contribution in [0.2, 0.25) is 0 Å². The zero-order chi connectivity index (χ0) is 14.5. The van der Waals surface area contributed by atoms with Gasteiger partial charge in [0, 0.05) is 17.7 Å². The SMILES string of the molecule is CSC1(CNC(=O)CC(C)(C)CC(=O)O)CCCC1. The third-order valence-electron chi connectivity index (χ3n) is 3.82. The van der Waals surface area contributed by atoms with Gasteiger partial charge in [0.25, 0.3) is 0 Å². The normalized spacial score (nSPS) is 18.3. The van der Waals surface area contributed by atoms with Crippen molar-refractivity contribution < 1.29 is 14.7 Å². The molecular formula is C14H25NO3S. The first-order chi connectivity index (χ1) is 8.79. The van der Waals surface area contributed by atoms with E-state index in [0.29, 0.717) is 6.54 Å². The molecule has 1 fully saturated rings. The minimum absolute atomic E-state index is 0.0219. The summed E-state index contributed by atoms with van der Waals surface area (Å²) < 4.78 is 0.201. The molecule has 4 nitrogen and oxygen atoms in total. The molecule has 1 amide bonds. The van der Waals surface area contributed by atoms with Crippen molar-refractivity contribution in [2.24, 2.45) is 5.41 Å². The lowest BCUT2D eigenvalue weighted by atomic mass is 9.85. The van der Waals surface area contributed by atoms with Crippen molar-refractivity contribution >= 4 is 23.6 Å². The largest absolute Gasteiger partial charge is 0.481 e. The molecule has 1 aliphatic rings. The van der Waals surface area contributed by atoms with Gasteiger partial charge in [-0.15, -0.1) is 0 Å². The van der Waals surface area contributed by atoms with Crippen molar-refractivity contribution in [1.29, 1.82) is 0 Å². The highest BCUT2D eigenvalue weighted by Gasteiger charge is 2.34. The minimum atomic E-state index is -0.853. The lowest BCUT2D eigenvalue weighted by molar-refractivity contribution is -0.139. The van der Waals surface area contributed by atoms with E-state index in [-0.39, 0.29) is 23.5 Å². The number of hydrogen-bond donors (Lipinski definition) is 2. The van der Waals surface area contributed by atoms with E-state index < -0.39 is 11.4 Å². The zero-order valence-corrected chi connectivity index (χ0v) is 12.9. The second-order valence-corrected chi connectivity index (χ2v) is 7.56. The smallest absolute Gasteiger partial charge is 0.303 e. The fraction of sp³-hybridized carbons (Fsp3) is 0.857. The summed E-state index contributed by atoms with van der Waals surface area (Å²) in [6, 6.07) is 0. The fourth-order valence-electron chi connectivity index (χ4n) is 2.70. The van der Waals surface area contributed by atoms with Crippen molar-refractivity contribution in [1.82, 2.24) is 5.32 Å². The Morgan fingerprint density at radius 3 is 2.32 bits per heavy atom. The van der Waals surface area contributed by atoms with Crippen molar-refractivity contribution in [2.75, 3.05) is 12.8 Å². The molecule has 5 heteroatoms. The molecule has 19 heavy (non-hydrogen) atoms. The molecule has 2 N–H and O–H groups in total. The van der Waals surface area contributed by atoms with Crippen LogP contribution in [0.4, 0.5) is 0 Å². The molecule has 0 heterocycles. The highest BCUT2D eigenvalue weighted by atomic mass is 32.2. The van der Waals surface area contributed by atoms with Gasteiger partial charge in [0.1, 0.15) is 0 Å². The summed E-state index contributed by atoms with van der Waals surface area (Å²) in [6.07, 6.45) is 7.19.